The number of phenolic OH excluding ortho intramolecular Hbond substituents is 1. The molecule has 0 radical (unpaired) electrons. The van der Waals surface area contributed by atoms with Crippen molar-refractivity contribution in [2.24, 2.45) is 17.6 Å². The number of carbonyl (C=O) groups is 3. The van der Waals surface area contributed by atoms with E-state index in [0.717, 1.165) is 5.69 Å². The Morgan fingerprint density at radius 2 is 1.77 bits per heavy atom. The molecule has 1 amide bonds. The summed E-state index contributed by atoms with van der Waals surface area (Å²) in [5, 5.41) is 45.8. The van der Waals surface area contributed by atoms with Crippen molar-refractivity contribution in [1.82, 2.24) is 4.90 Å². The van der Waals surface area contributed by atoms with Crippen molar-refractivity contribution in [3.05, 3.63) is 34.1 Å². The second kappa shape index (κ2) is 9.25. The molecule has 2 fully saturated rings. The molecular weight excluding hydrogens is 508 g/mol. The molecule has 1 aromatic carbocycles. The van der Waals surface area contributed by atoms with E-state index in [0.29, 0.717) is 37.6 Å². The lowest BCUT2D eigenvalue weighted by atomic mass is 9.57. The fourth-order valence-corrected chi connectivity index (χ4v) is 6.72. The number of phenols is 1. The van der Waals surface area contributed by atoms with E-state index in [2.05, 4.69) is 0 Å². The molecule has 1 saturated heterocycles. The van der Waals surface area contributed by atoms with Crippen LogP contribution in [0.5, 0.6) is 5.75 Å². The number of hydrogen-bond donors (Lipinski definition) is 5. The third-order valence-corrected chi connectivity index (χ3v) is 8.51. The van der Waals surface area contributed by atoms with Crippen LogP contribution in [0.25, 0.3) is 5.76 Å². The molecule has 1 heterocycles. The lowest BCUT2D eigenvalue weighted by Crippen LogP contribution is -2.65. The van der Waals surface area contributed by atoms with E-state index in [-0.39, 0.29) is 29.7 Å². The molecular formula is C27H34N4O8. The number of rotatable bonds is 4. The van der Waals surface area contributed by atoms with E-state index in [1.54, 1.807) is 14.1 Å². The molecule has 0 bridgehead atoms. The van der Waals surface area contributed by atoms with Gasteiger partial charge in [0, 0.05) is 44.4 Å². The summed E-state index contributed by atoms with van der Waals surface area (Å²) in [7, 11) is 6.82. The van der Waals surface area contributed by atoms with Gasteiger partial charge in [0.25, 0.3) is 5.91 Å². The number of carbonyl (C=O) groups excluding carboxylic acids is 3. The van der Waals surface area contributed by atoms with Gasteiger partial charge in [0.15, 0.2) is 11.4 Å². The Labute approximate surface area is 225 Å². The second-order valence-corrected chi connectivity index (χ2v) is 11.1. The van der Waals surface area contributed by atoms with Gasteiger partial charge in [-0.05, 0) is 44.5 Å². The summed E-state index contributed by atoms with van der Waals surface area (Å²) in [6.45, 7) is 1.98. The van der Waals surface area contributed by atoms with Crippen molar-refractivity contribution < 1.29 is 39.5 Å². The van der Waals surface area contributed by atoms with Gasteiger partial charge >= 0.3 is 0 Å². The van der Waals surface area contributed by atoms with Crippen molar-refractivity contribution in [3.8, 4) is 5.75 Å². The topological polar surface area (TPSA) is 177 Å². The normalized spacial score (nSPS) is 28.9. The van der Waals surface area contributed by atoms with Crippen LogP contribution in [0.15, 0.2) is 23.0 Å². The first-order valence-corrected chi connectivity index (χ1v) is 12.9. The lowest BCUT2D eigenvalue weighted by molar-refractivity contribution is -0.153. The van der Waals surface area contributed by atoms with E-state index in [1.807, 2.05) is 30.0 Å². The van der Waals surface area contributed by atoms with E-state index in [4.69, 9.17) is 10.5 Å². The Kier molecular flexibility index (Phi) is 6.40. The smallest absolute Gasteiger partial charge is 0.255 e. The Morgan fingerprint density at radius 1 is 1.13 bits per heavy atom. The number of likely N-dealkylation sites (N-methyl/N-ethyl adjacent to an activating group) is 1. The zero-order valence-corrected chi connectivity index (χ0v) is 22.4. The van der Waals surface area contributed by atoms with Gasteiger partial charge < -0.3 is 40.7 Å². The van der Waals surface area contributed by atoms with Crippen molar-refractivity contribution >= 4 is 34.6 Å². The third-order valence-electron chi connectivity index (χ3n) is 8.51. The molecule has 1 unspecified atom stereocenters. The minimum Gasteiger partial charge on any atom is -0.508 e. The standard InChI is InChI=1S/C27H34N4O8/c1-29(2)15-11-16(31-5-7-39-8-6-31)21(32)18-13(15)9-12-10-14-20(30(3)4)23(34)19(26(28)37)25(36)27(14,38)24(35)17(12)22(18)33/h11-12,14,20,32-33,36,38H,5-10H2,1-4H3,(H2,28,37)/t12-,14-,20?,27-/m0/s1. The van der Waals surface area contributed by atoms with Crippen LogP contribution in [0.3, 0.4) is 0 Å². The number of morpholine rings is 1. The SMILES string of the molecule is CN(C)c1cc(N2CCOCC2)c(O)c2c1C[C@H]1C[C@H]3C(N(C)C)C(=O)C(C(N)=O)=C(O)[C@@]3(O)C(=O)C1=C2O. The molecule has 4 atom stereocenters. The number of Topliss-reactive ketones (excluding diaryl/α,β-unsaturated/α-hetero) is 2. The number of amides is 1. The highest BCUT2D eigenvalue weighted by molar-refractivity contribution is 6.24. The Morgan fingerprint density at radius 3 is 2.33 bits per heavy atom. The number of nitrogens with zero attached hydrogens (tertiary/aromatic N) is 3. The number of aliphatic hydroxyl groups excluding tert-OH is 2. The summed E-state index contributed by atoms with van der Waals surface area (Å²) in [6.07, 6.45) is 0.281. The van der Waals surface area contributed by atoms with Gasteiger partial charge in [-0.1, -0.05) is 0 Å². The zero-order valence-electron chi connectivity index (χ0n) is 22.4. The Hall–Kier alpha value is -3.61. The number of anilines is 2. The average Bonchev–Trinajstić information content (AvgIpc) is 2.86. The molecule has 4 aliphatic rings. The molecule has 1 aromatic rings. The summed E-state index contributed by atoms with van der Waals surface area (Å²) >= 11 is 0. The number of aromatic hydroxyl groups is 1. The lowest BCUT2D eigenvalue weighted by Gasteiger charge is -2.50. The minimum absolute atomic E-state index is 0.0462. The highest BCUT2D eigenvalue weighted by Gasteiger charge is 2.64. The van der Waals surface area contributed by atoms with Crippen LogP contribution >= 0.6 is 0 Å². The van der Waals surface area contributed by atoms with Crippen LogP contribution in [0.1, 0.15) is 17.5 Å². The summed E-state index contributed by atoms with van der Waals surface area (Å²) in [5.41, 5.74) is 3.65. The number of primary amides is 1. The maximum atomic E-state index is 14.0. The van der Waals surface area contributed by atoms with E-state index < -0.39 is 58.0 Å². The molecule has 12 nitrogen and oxygen atoms in total. The zero-order chi connectivity index (χ0) is 28.5. The van der Waals surface area contributed by atoms with Crippen LogP contribution in [0.4, 0.5) is 11.4 Å². The van der Waals surface area contributed by atoms with Crippen LogP contribution in [0.2, 0.25) is 0 Å². The van der Waals surface area contributed by atoms with Gasteiger partial charge in [-0.2, -0.15) is 0 Å². The molecule has 39 heavy (non-hydrogen) atoms. The first-order valence-electron chi connectivity index (χ1n) is 12.9. The largest absolute Gasteiger partial charge is 0.508 e. The number of nitrogens with two attached hydrogens (primary N) is 1. The number of aliphatic hydroxyl groups is 3. The molecule has 0 spiro atoms. The first kappa shape index (κ1) is 27.0. The highest BCUT2D eigenvalue weighted by Crippen LogP contribution is 2.55. The molecule has 1 saturated carbocycles. The van der Waals surface area contributed by atoms with E-state index in [1.165, 1.54) is 4.90 Å². The predicted octanol–water partition coefficient (Wildman–Crippen LogP) is -0.133. The maximum absolute atomic E-state index is 14.0. The number of benzene rings is 1. The van der Waals surface area contributed by atoms with Crippen molar-refractivity contribution in [2.75, 3.05) is 64.3 Å². The molecule has 210 valence electrons. The third kappa shape index (κ3) is 3.73. The quantitative estimate of drug-likeness (QED) is 0.320. The van der Waals surface area contributed by atoms with Crippen LogP contribution in [0, 0.1) is 11.8 Å². The van der Waals surface area contributed by atoms with Crippen LogP contribution in [-0.2, 0) is 25.5 Å². The number of ether oxygens (including phenoxy) is 1. The summed E-state index contributed by atoms with van der Waals surface area (Å²) in [4.78, 5) is 44.7. The van der Waals surface area contributed by atoms with E-state index >= 15 is 0 Å². The molecule has 6 N–H and O–H groups in total. The highest BCUT2D eigenvalue weighted by atomic mass is 16.5. The van der Waals surface area contributed by atoms with Crippen LogP contribution < -0.4 is 15.5 Å². The van der Waals surface area contributed by atoms with Gasteiger partial charge in [-0.3, -0.25) is 19.3 Å². The average molecular weight is 543 g/mol. The molecule has 3 aliphatic carbocycles. The van der Waals surface area contributed by atoms with Gasteiger partial charge in [-0.15, -0.1) is 0 Å². The van der Waals surface area contributed by atoms with E-state index in [9.17, 15) is 34.8 Å². The number of hydrogen-bond acceptors (Lipinski definition) is 11. The van der Waals surface area contributed by atoms with Gasteiger partial charge in [-0.25, -0.2) is 0 Å². The number of fused-ring (bicyclic) bond motifs is 3. The van der Waals surface area contributed by atoms with Gasteiger partial charge in [0.05, 0.1) is 30.5 Å². The molecule has 0 aromatic heterocycles. The summed E-state index contributed by atoms with van der Waals surface area (Å²) in [5.74, 6) is -6.60. The molecule has 5 rings (SSSR count). The van der Waals surface area contributed by atoms with Crippen molar-refractivity contribution in [1.29, 1.82) is 0 Å². The fourth-order valence-electron chi connectivity index (χ4n) is 6.72. The summed E-state index contributed by atoms with van der Waals surface area (Å²) in [6, 6.07) is 0.729. The predicted molar refractivity (Wildman–Crippen MR) is 142 cm³/mol. The summed E-state index contributed by atoms with van der Waals surface area (Å²) < 4.78 is 5.43. The molecule has 12 heteroatoms. The monoisotopic (exact) mass is 542 g/mol. The second-order valence-electron chi connectivity index (χ2n) is 11.1. The maximum Gasteiger partial charge on any atom is 0.255 e. The van der Waals surface area contributed by atoms with Crippen molar-refractivity contribution in [2.45, 2.75) is 24.5 Å². The number of ketones is 2. The first-order chi connectivity index (χ1) is 18.3. The van der Waals surface area contributed by atoms with Crippen LogP contribution in [-0.4, -0.2) is 109 Å². The minimum atomic E-state index is -2.66. The Bertz CT molecular complexity index is 1340. The van der Waals surface area contributed by atoms with Gasteiger partial charge in [0.1, 0.15) is 22.8 Å². The Balaban J connectivity index is 1.74. The molecule has 1 aliphatic heterocycles. The van der Waals surface area contributed by atoms with Gasteiger partial charge in [0.2, 0.25) is 5.78 Å². The van der Waals surface area contributed by atoms with Crippen molar-refractivity contribution in [3.63, 3.8) is 0 Å². The fraction of sp³-hybridized carbons (Fsp3) is 0.519.